The molecule has 3 atom stereocenters. The maximum Gasteiger partial charge on any atom is -0.0386 e. The average molecular weight is 240 g/mol. The van der Waals surface area contributed by atoms with E-state index < -0.39 is 0 Å². The van der Waals surface area contributed by atoms with Crippen LogP contribution in [0.15, 0.2) is 0 Å². The van der Waals surface area contributed by atoms with E-state index in [1.165, 1.54) is 19.3 Å². The zero-order valence-electron chi connectivity index (χ0n) is 13.6. The molecule has 0 aliphatic heterocycles. The third-order valence-electron chi connectivity index (χ3n) is 4.83. The second-order valence-electron chi connectivity index (χ2n) is 7.11. The minimum absolute atomic E-state index is 0.829. The highest BCUT2D eigenvalue weighted by molar-refractivity contribution is 4.73. The zero-order chi connectivity index (χ0) is 13.6. The quantitative estimate of drug-likeness (QED) is 0.487. The summed E-state index contributed by atoms with van der Waals surface area (Å²) >= 11 is 0. The van der Waals surface area contributed by atoms with Crippen molar-refractivity contribution in [3.05, 3.63) is 0 Å². The van der Waals surface area contributed by atoms with Gasteiger partial charge in [0, 0.05) is 0 Å². The van der Waals surface area contributed by atoms with Crippen LogP contribution in [0, 0.1) is 35.5 Å². The Morgan fingerprint density at radius 3 is 1.35 bits per heavy atom. The van der Waals surface area contributed by atoms with Gasteiger partial charge in [-0.25, -0.2) is 0 Å². The van der Waals surface area contributed by atoms with Gasteiger partial charge in [-0.05, 0) is 48.3 Å². The lowest BCUT2D eigenvalue weighted by molar-refractivity contribution is 0.197. The Hall–Kier alpha value is 0. The second-order valence-corrected chi connectivity index (χ2v) is 7.11. The van der Waals surface area contributed by atoms with Crippen molar-refractivity contribution in [1.82, 2.24) is 0 Å². The van der Waals surface area contributed by atoms with Gasteiger partial charge in [-0.3, -0.25) is 0 Å². The van der Waals surface area contributed by atoms with Crippen LogP contribution in [0.5, 0.6) is 0 Å². The Kier molecular flexibility index (Phi) is 8.16. The van der Waals surface area contributed by atoms with Crippen molar-refractivity contribution < 1.29 is 0 Å². The molecule has 0 spiro atoms. The second kappa shape index (κ2) is 8.16. The van der Waals surface area contributed by atoms with E-state index in [1.54, 1.807) is 0 Å². The van der Waals surface area contributed by atoms with Gasteiger partial charge >= 0.3 is 0 Å². The summed E-state index contributed by atoms with van der Waals surface area (Å²) in [6.07, 6.45) is 4.19. The Labute approximate surface area is 111 Å². The van der Waals surface area contributed by atoms with Crippen LogP contribution < -0.4 is 0 Å². The summed E-state index contributed by atoms with van der Waals surface area (Å²) in [7, 11) is 0. The van der Waals surface area contributed by atoms with Crippen LogP contribution in [0.25, 0.3) is 0 Å². The zero-order valence-corrected chi connectivity index (χ0v) is 13.6. The van der Waals surface area contributed by atoms with E-state index >= 15 is 0 Å². The average Bonchev–Trinajstić information content (AvgIpc) is 2.22. The first kappa shape index (κ1) is 17.0. The minimum atomic E-state index is 0.829. The van der Waals surface area contributed by atoms with Gasteiger partial charge in [-0.1, -0.05) is 61.8 Å². The lowest BCUT2D eigenvalue weighted by Gasteiger charge is -2.31. The summed E-state index contributed by atoms with van der Waals surface area (Å²) in [4.78, 5) is 0. The molecule has 0 heterocycles. The first-order valence-corrected chi connectivity index (χ1v) is 7.79. The first-order valence-electron chi connectivity index (χ1n) is 7.79. The third-order valence-corrected chi connectivity index (χ3v) is 4.83. The molecule has 0 aromatic carbocycles. The highest BCUT2D eigenvalue weighted by Gasteiger charge is 2.23. The Bertz CT molecular complexity index is 178. The smallest absolute Gasteiger partial charge is 0.0386 e. The predicted molar refractivity (Wildman–Crippen MR) is 80.2 cm³/mol. The molecule has 0 saturated heterocycles. The van der Waals surface area contributed by atoms with Gasteiger partial charge in [-0.2, -0.15) is 0 Å². The highest BCUT2D eigenvalue weighted by Crippen LogP contribution is 2.33. The molecule has 0 amide bonds. The van der Waals surface area contributed by atoms with E-state index in [0.717, 1.165) is 35.5 Å². The highest BCUT2D eigenvalue weighted by atomic mass is 14.3. The van der Waals surface area contributed by atoms with Crippen LogP contribution in [0.1, 0.15) is 74.7 Å². The Balaban J connectivity index is 4.42. The van der Waals surface area contributed by atoms with Crippen molar-refractivity contribution in [2.45, 2.75) is 74.7 Å². The minimum Gasteiger partial charge on any atom is -0.0651 e. The molecule has 0 heteroatoms. The van der Waals surface area contributed by atoms with E-state index in [2.05, 4.69) is 55.4 Å². The molecule has 17 heavy (non-hydrogen) atoms. The van der Waals surface area contributed by atoms with Gasteiger partial charge < -0.3 is 0 Å². The molecule has 0 rings (SSSR count). The molecule has 0 bridgehead atoms. The summed E-state index contributed by atoms with van der Waals surface area (Å²) < 4.78 is 0. The number of hydrogen-bond acceptors (Lipinski definition) is 0. The van der Waals surface area contributed by atoms with Crippen LogP contribution >= 0.6 is 0 Å². The van der Waals surface area contributed by atoms with E-state index in [4.69, 9.17) is 0 Å². The molecule has 0 aromatic rings. The van der Waals surface area contributed by atoms with Gasteiger partial charge in [0.05, 0.1) is 0 Å². The van der Waals surface area contributed by atoms with Crippen molar-refractivity contribution in [1.29, 1.82) is 0 Å². The molecule has 3 unspecified atom stereocenters. The molecular formula is C17H36. The van der Waals surface area contributed by atoms with Crippen LogP contribution in [-0.4, -0.2) is 0 Å². The van der Waals surface area contributed by atoms with Crippen molar-refractivity contribution >= 4 is 0 Å². The first-order chi connectivity index (χ1) is 7.79. The molecule has 0 N–H and O–H groups in total. The summed E-state index contributed by atoms with van der Waals surface area (Å²) in [5.74, 6) is 5.21. The van der Waals surface area contributed by atoms with Gasteiger partial charge in [0.15, 0.2) is 0 Å². The van der Waals surface area contributed by atoms with Crippen LogP contribution in [-0.2, 0) is 0 Å². The van der Waals surface area contributed by atoms with Crippen LogP contribution in [0.3, 0.4) is 0 Å². The largest absolute Gasteiger partial charge is 0.0651 e. The topological polar surface area (TPSA) is 0 Å². The summed E-state index contributed by atoms with van der Waals surface area (Å²) in [5.41, 5.74) is 0. The molecule has 0 nitrogen and oxygen atoms in total. The maximum absolute atomic E-state index is 2.43. The molecule has 0 aliphatic rings. The fraction of sp³-hybridized carbons (Fsp3) is 1.00. The van der Waals surface area contributed by atoms with Crippen molar-refractivity contribution in [3.8, 4) is 0 Å². The fourth-order valence-electron chi connectivity index (χ4n) is 2.69. The normalized spacial score (nSPS) is 17.8. The standard InChI is InChI=1S/C17H36/c1-9-16(13(4)5)11-17(14(6)7)10-15(8)12(2)3/h12-17H,9-11H2,1-8H3. The molecule has 0 aliphatic carbocycles. The van der Waals surface area contributed by atoms with Crippen molar-refractivity contribution in [2.75, 3.05) is 0 Å². The maximum atomic E-state index is 2.43. The molecule has 0 aromatic heterocycles. The van der Waals surface area contributed by atoms with Gasteiger partial charge in [-0.15, -0.1) is 0 Å². The third kappa shape index (κ3) is 6.48. The Morgan fingerprint density at radius 2 is 1.06 bits per heavy atom. The SMILES string of the molecule is CCC(CC(CC(C)C(C)C)C(C)C)C(C)C. The van der Waals surface area contributed by atoms with Crippen molar-refractivity contribution in [2.24, 2.45) is 35.5 Å². The predicted octanol–water partition coefficient (Wildman–Crippen LogP) is 6.01. The summed E-state index contributed by atoms with van der Waals surface area (Å²) in [6, 6.07) is 0. The van der Waals surface area contributed by atoms with E-state index in [-0.39, 0.29) is 0 Å². The molecule has 0 radical (unpaired) electrons. The van der Waals surface area contributed by atoms with E-state index in [9.17, 15) is 0 Å². The van der Waals surface area contributed by atoms with Crippen molar-refractivity contribution in [3.63, 3.8) is 0 Å². The summed E-state index contributed by atoms with van der Waals surface area (Å²) in [5, 5.41) is 0. The monoisotopic (exact) mass is 240 g/mol. The molecule has 0 fully saturated rings. The van der Waals surface area contributed by atoms with Gasteiger partial charge in [0.25, 0.3) is 0 Å². The Morgan fingerprint density at radius 1 is 0.588 bits per heavy atom. The van der Waals surface area contributed by atoms with Gasteiger partial charge in [0.2, 0.25) is 0 Å². The molecule has 0 saturated carbocycles. The van der Waals surface area contributed by atoms with E-state index in [0.29, 0.717) is 0 Å². The molecule has 104 valence electrons. The lowest BCUT2D eigenvalue weighted by Crippen LogP contribution is -2.21. The van der Waals surface area contributed by atoms with Gasteiger partial charge in [0.1, 0.15) is 0 Å². The fourth-order valence-corrected chi connectivity index (χ4v) is 2.69. The van der Waals surface area contributed by atoms with Crippen LogP contribution in [0.4, 0.5) is 0 Å². The van der Waals surface area contributed by atoms with Crippen LogP contribution in [0.2, 0.25) is 0 Å². The number of rotatable bonds is 8. The van der Waals surface area contributed by atoms with E-state index in [1.807, 2.05) is 0 Å². The summed E-state index contributed by atoms with van der Waals surface area (Å²) in [6.45, 7) is 19.1. The lowest BCUT2D eigenvalue weighted by atomic mass is 9.75. The molecular weight excluding hydrogens is 204 g/mol. The number of hydrogen-bond donors (Lipinski definition) is 0.